The van der Waals surface area contributed by atoms with Gasteiger partial charge in [-0.1, -0.05) is 24.3 Å². The second-order valence-electron chi connectivity index (χ2n) is 16.8. The van der Waals surface area contributed by atoms with Gasteiger partial charge in [0, 0.05) is 26.9 Å². The maximum absolute atomic E-state index is 13.0. The van der Waals surface area contributed by atoms with Gasteiger partial charge in [0.15, 0.2) is 10.0 Å². The van der Waals surface area contributed by atoms with E-state index in [9.17, 15) is 42.9 Å². The van der Waals surface area contributed by atoms with Crippen LogP contribution in [0.15, 0.2) is 142 Å². The second-order valence-corrected chi connectivity index (χ2v) is 21.9. The number of carboxylic acids is 1. The lowest BCUT2D eigenvalue weighted by molar-refractivity contribution is -0.129. The van der Waals surface area contributed by atoms with E-state index >= 15 is 0 Å². The number of esters is 3. The van der Waals surface area contributed by atoms with Crippen molar-refractivity contribution < 1.29 is 71.8 Å². The van der Waals surface area contributed by atoms with Crippen LogP contribution >= 0.6 is 34.3 Å². The highest BCUT2D eigenvalue weighted by atomic mass is 33.1. The number of nitrogen functional groups attached to an aromatic ring is 1. The van der Waals surface area contributed by atoms with Crippen molar-refractivity contribution in [2.24, 2.45) is 0 Å². The van der Waals surface area contributed by atoms with Gasteiger partial charge < -0.3 is 44.3 Å². The molecule has 20 nitrogen and oxygen atoms in total. The number of amides is 3. The molecular formula is C55H55N5O15S4. The summed E-state index contributed by atoms with van der Waals surface area (Å²) >= 11 is 2.76. The Bertz CT molecular complexity index is 3220. The molecule has 79 heavy (non-hydrogen) atoms. The van der Waals surface area contributed by atoms with Crippen LogP contribution < -0.4 is 35.2 Å². The third-order valence-electron chi connectivity index (χ3n) is 11.8. The van der Waals surface area contributed by atoms with Crippen LogP contribution in [0.2, 0.25) is 0 Å². The third kappa shape index (κ3) is 15.8. The van der Waals surface area contributed by atoms with Crippen LogP contribution in [0.5, 0.6) is 11.5 Å². The first-order valence-corrected chi connectivity index (χ1v) is 28.0. The summed E-state index contributed by atoms with van der Waals surface area (Å²) in [5.74, 6) is -1.63. The maximum atomic E-state index is 13.0. The summed E-state index contributed by atoms with van der Waals surface area (Å²) < 4.78 is 38.1. The predicted octanol–water partition coefficient (Wildman–Crippen LogP) is 8.13. The first-order chi connectivity index (χ1) is 37.9. The van der Waals surface area contributed by atoms with Crippen LogP contribution in [0.3, 0.4) is 0 Å². The Labute approximate surface area is 469 Å². The number of nitrogens with one attached hydrogen (secondary N) is 2. The molecule has 0 aromatic heterocycles. The van der Waals surface area contributed by atoms with Crippen molar-refractivity contribution in [3.8, 4) is 11.5 Å². The topological polar surface area (TPSA) is 280 Å². The lowest BCUT2D eigenvalue weighted by Gasteiger charge is -2.33. The molecule has 6 aromatic rings. The molecule has 0 saturated carbocycles. The minimum Gasteiger partial charge on any atom is -0.497 e. The van der Waals surface area contributed by atoms with E-state index in [1.54, 1.807) is 79.8 Å². The van der Waals surface area contributed by atoms with Gasteiger partial charge in [0.2, 0.25) is 11.8 Å². The molecule has 0 radical (unpaired) electrons. The summed E-state index contributed by atoms with van der Waals surface area (Å²) in [5, 5.41) is 17.3. The molecule has 3 heterocycles. The molecule has 24 heteroatoms. The summed E-state index contributed by atoms with van der Waals surface area (Å²) in [7, 11) is 7.30. The van der Waals surface area contributed by atoms with Crippen LogP contribution in [0.25, 0.3) is 0 Å². The van der Waals surface area contributed by atoms with Crippen molar-refractivity contribution in [3.63, 3.8) is 0 Å². The largest absolute Gasteiger partial charge is 0.497 e. The van der Waals surface area contributed by atoms with Gasteiger partial charge >= 0.3 is 23.9 Å². The number of carboxylic acid groups (broad SMARTS) is 1. The summed E-state index contributed by atoms with van der Waals surface area (Å²) in [6.45, 7) is 2.17. The van der Waals surface area contributed by atoms with Crippen molar-refractivity contribution in [1.82, 2.24) is 5.48 Å². The van der Waals surface area contributed by atoms with E-state index in [0.29, 0.717) is 58.1 Å². The Morgan fingerprint density at radius 3 is 1.51 bits per heavy atom. The van der Waals surface area contributed by atoms with Crippen molar-refractivity contribution >= 4 is 109 Å². The number of carbonyl (C=O) groups is 7. The van der Waals surface area contributed by atoms with Crippen molar-refractivity contribution in [2.75, 3.05) is 68.9 Å². The van der Waals surface area contributed by atoms with Crippen LogP contribution in [0.1, 0.15) is 59.5 Å². The lowest BCUT2D eigenvalue weighted by Crippen LogP contribution is -2.46. The first kappa shape index (κ1) is 60.2. The monoisotopic (exact) mass is 1150 g/mol. The molecule has 3 amide bonds. The summed E-state index contributed by atoms with van der Waals surface area (Å²) in [6, 6.07) is 36.3. The fraction of sp³-hybridized carbons (Fsp3) is 0.218. The van der Waals surface area contributed by atoms with Gasteiger partial charge in [-0.3, -0.25) is 24.3 Å². The molecule has 3 unspecified atom stereocenters. The number of nitrogens with zero attached hydrogens (tertiary/aromatic N) is 2. The molecule has 6 N–H and O–H groups in total. The maximum Gasteiger partial charge on any atom is 0.337 e. The van der Waals surface area contributed by atoms with Crippen LogP contribution in [0.4, 0.5) is 22.7 Å². The highest BCUT2D eigenvalue weighted by Gasteiger charge is 2.36. The number of ether oxygens (including phenoxy) is 5. The Balaban J connectivity index is 0.000000181. The van der Waals surface area contributed by atoms with Gasteiger partial charge in [-0.2, -0.15) is 0 Å². The normalized spacial score (nSPS) is 15.5. The molecule has 0 spiro atoms. The average molecular weight is 1150 g/mol. The number of methoxy groups -OCH3 is 5. The fourth-order valence-corrected chi connectivity index (χ4v) is 12.7. The number of thioether (sulfide) groups is 2. The average Bonchev–Trinajstić information content (AvgIpc) is 3.86. The quantitative estimate of drug-likeness (QED) is 0.0182. The van der Waals surface area contributed by atoms with E-state index in [0.717, 1.165) is 38.0 Å². The zero-order valence-corrected chi connectivity index (χ0v) is 46.7. The number of hydroxylamine groups is 1. The Morgan fingerprint density at radius 1 is 0.608 bits per heavy atom. The Morgan fingerprint density at radius 2 is 1.04 bits per heavy atom. The van der Waals surface area contributed by atoms with Gasteiger partial charge in [0.25, 0.3) is 5.91 Å². The van der Waals surface area contributed by atoms with Gasteiger partial charge in [-0.25, -0.2) is 28.9 Å². The number of carbonyl (C=O) groups excluding carboxylic acids is 6. The summed E-state index contributed by atoms with van der Waals surface area (Å²) in [4.78, 5) is 88.1. The molecule has 3 aliphatic heterocycles. The molecule has 414 valence electrons. The summed E-state index contributed by atoms with van der Waals surface area (Å²) in [6.07, 6.45) is 1.01. The molecule has 0 saturated heterocycles. The molecular weight excluding hydrogens is 1100 g/mol. The standard InChI is InChI=1S/C20H21NO4S.C19H18N2O6S.C8H7NO3S2.C8H9NO2/c1-4-21-16-10-7-14(20(23)25-3)12-17(16)26-18(19(21)22)11-13-5-8-15(24-2)9-6-13;1-27-13-5-2-11(3-6-13)8-16-18(23)21(10-17(22)20-26)14-7-4-12(19(24)25)9-15(14)28-16;1-12-8(10)5-2-3-6-7(4-5)13-14(11)9-6;1-11-8(10)6-2-4-7(9)5-3-6/h5-10,12,18H,4,11H2,1-3H3;2-7,9,16,26H,8,10H2,1H3,(H,20,22)(H,24,25);2-4,9H,1H3;2-5H,9H2,1H3. The molecule has 3 aliphatic rings. The van der Waals surface area contributed by atoms with Gasteiger partial charge in [-0.05, 0) is 145 Å². The molecule has 0 aliphatic carbocycles. The van der Waals surface area contributed by atoms with E-state index in [-0.39, 0.29) is 47.1 Å². The minimum absolute atomic E-state index is 0.0895. The van der Waals surface area contributed by atoms with Gasteiger partial charge in [-0.15, -0.1) is 23.5 Å². The molecule has 9 rings (SSSR count). The Kier molecular flexibility index (Phi) is 21.8. The Hall–Kier alpha value is -8.03. The first-order valence-electron chi connectivity index (χ1n) is 23.7. The van der Waals surface area contributed by atoms with Crippen LogP contribution in [0, 0.1) is 0 Å². The lowest BCUT2D eigenvalue weighted by atomic mass is 10.1. The number of hydrogen-bond donors (Lipinski definition) is 5. The molecule has 0 bridgehead atoms. The number of anilines is 4. The number of aromatic carboxylic acids is 1. The zero-order valence-electron chi connectivity index (χ0n) is 43.4. The summed E-state index contributed by atoms with van der Waals surface area (Å²) in [5.41, 5.74) is 13.2. The molecule has 3 atom stereocenters. The van der Waals surface area contributed by atoms with E-state index in [4.69, 9.17) is 25.2 Å². The van der Waals surface area contributed by atoms with Gasteiger partial charge in [0.1, 0.15) is 18.0 Å². The molecule has 0 fully saturated rings. The smallest absolute Gasteiger partial charge is 0.337 e. The fourth-order valence-electron chi connectivity index (χ4n) is 7.76. The molecule has 6 aromatic carbocycles. The number of fused-ring (bicyclic) bond motifs is 3. The van der Waals surface area contributed by atoms with Gasteiger partial charge in [0.05, 0.1) is 85.4 Å². The van der Waals surface area contributed by atoms with Crippen LogP contribution in [-0.2, 0) is 51.5 Å². The second kappa shape index (κ2) is 28.6. The van der Waals surface area contributed by atoms with E-state index in [1.165, 1.54) is 84.2 Å². The third-order valence-corrected chi connectivity index (χ3v) is 16.6. The SMILES string of the molecule is CCN1C(=O)C(Cc2ccc(OC)cc2)Sc2cc(C(=O)OC)ccc21.COC(=O)c1ccc(N)cc1.COC(=O)c1ccc2c(c1)SS(=O)N2.COc1ccc(CC2Sc3cc(C(=O)O)ccc3N(CC(=O)NO)C2=O)cc1. The zero-order chi connectivity index (χ0) is 57.3. The number of hydrogen-bond acceptors (Lipinski definition) is 18. The van der Waals surface area contributed by atoms with Crippen molar-refractivity contribution in [3.05, 3.63) is 161 Å². The minimum atomic E-state index is -1.13. The number of benzene rings is 6. The van der Waals surface area contributed by atoms with E-state index < -0.39 is 27.1 Å². The van der Waals surface area contributed by atoms with Crippen molar-refractivity contribution in [1.29, 1.82) is 0 Å². The van der Waals surface area contributed by atoms with E-state index in [1.807, 2.05) is 55.5 Å². The van der Waals surface area contributed by atoms with E-state index in [2.05, 4.69) is 14.2 Å². The predicted molar refractivity (Wildman–Crippen MR) is 302 cm³/mol. The highest BCUT2D eigenvalue weighted by molar-refractivity contribution is 8.70. The van der Waals surface area contributed by atoms with Crippen molar-refractivity contribution in [2.45, 2.75) is 45.0 Å². The number of rotatable bonds is 13. The highest BCUT2D eigenvalue weighted by Crippen LogP contribution is 2.43. The van der Waals surface area contributed by atoms with Crippen LogP contribution in [-0.4, -0.2) is 115 Å². The number of nitrogens with two attached hydrogens (primary N) is 1.